The molecule has 1 unspecified atom stereocenters. The fourth-order valence-electron chi connectivity index (χ4n) is 1.45. The zero-order valence-electron chi connectivity index (χ0n) is 10.8. The number of carbonyl (C=O) groups is 2. The maximum atomic E-state index is 10.7. The normalized spacial score (nSPS) is 11.0. The fourth-order valence-corrected chi connectivity index (χ4v) is 1.45. The van der Waals surface area contributed by atoms with E-state index in [0.29, 0.717) is 12.8 Å². The van der Waals surface area contributed by atoms with E-state index in [1.54, 1.807) is 0 Å². The molecule has 1 aromatic rings. The van der Waals surface area contributed by atoms with Gasteiger partial charge >= 0.3 is 11.9 Å². The minimum Gasteiger partial charge on any atom is -0.481 e. The van der Waals surface area contributed by atoms with Crippen LogP contribution in [0.15, 0.2) is 30.3 Å². The van der Waals surface area contributed by atoms with Gasteiger partial charge in [-0.15, -0.1) is 0 Å². The Bertz CT molecular complexity index is 359. The second-order valence-electron chi connectivity index (χ2n) is 3.85. The van der Waals surface area contributed by atoms with Crippen molar-refractivity contribution < 1.29 is 19.8 Å². The maximum Gasteiger partial charge on any atom is 0.310 e. The van der Waals surface area contributed by atoms with Gasteiger partial charge in [0.1, 0.15) is 0 Å². The van der Waals surface area contributed by atoms with E-state index in [0.717, 1.165) is 12.0 Å². The first-order valence-electron chi connectivity index (χ1n) is 6.02. The highest BCUT2D eigenvalue weighted by atomic mass is 16.4. The summed E-state index contributed by atoms with van der Waals surface area (Å²) in [5.41, 5.74) is 0.882. The maximum absolute atomic E-state index is 10.7. The quantitative estimate of drug-likeness (QED) is 0.844. The largest absolute Gasteiger partial charge is 0.481 e. The van der Waals surface area contributed by atoms with Crippen LogP contribution in [0.1, 0.15) is 44.6 Å². The Kier molecular flexibility index (Phi) is 8.27. The molecule has 0 radical (unpaired) electrons. The Morgan fingerprint density at radius 2 is 1.67 bits per heavy atom. The molecule has 1 aromatic carbocycles. The van der Waals surface area contributed by atoms with Crippen LogP contribution in [0.2, 0.25) is 0 Å². The van der Waals surface area contributed by atoms with E-state index in [1.807, 2.05) is 44.2 Å². The lowest BCUT2D eigenvalue weighted by Gasteiger charge is -2.08. The van der Waals surface area contributed by atoms with Crippen molar-refractivity contribution in [3.05, 3.63) is 35.9 Å². The summed E-state index contributed by atoms with van der Waals surface area (Å²) >= 11 is 0. The van der Waals surface area contributed by atoms with E-state index in [9.17, 15) is 9.59 Å². The molecule has 0 aliphatic heterocycles. The predicted molar refractivity (Wildman–Crippen MR) is 69.7 cm³/mol. The second kappa shape index (κ2) is 9.22. The molecule has 2 N–H and O–H groups in total. The zero-order chi connectivity index (χ0) is 14.0. The average Bonchev–Trinajstić information content (AvgIpc) is 2.31. The van der Waals surface area contributed by atoms with Crippen molar-refractivity contribution in [2.45, 2.75) is 39.0 Å². The van der Waals surface area contributed by atoms with Crippen LogP contribution in [-0.4, -0.2) is 22.2 Å². The average molecular weight is 252 g/mol. The Morgan fingerprint density at radius 1 is 1.11 bits per heavy atom. The summed E-state index contributed by atoms with van der Waals surface area (Å²) in [6.07, 6.45) is 1.66. The van der Waals surface area contributed by atoms with Crippen molar-refractivity contribution in [1.29, 1.82) is 0 Å². The lowest BCUT2D eigenvalue weighted by molar-refractivity contribution is -0.139. The summed E-state index contributed by atoms with van der Waals surface area (Å²) in [4.78, 5) is 20.3. The third-order valence-corrected chi connectivity index (χ3v) is 2.37. The Labute approximate surface area is 107 Å². The van der Waals surface area contributed by atoms with Gasteiger partial charge in [0, 0.05) is 6.42 Å². The van der Waals surface area contributed by atoms with Gasteiger partial charge in [0.2, 0.25) is 0 Å². The lowest BCUT2D eigenvalue weighted by atomic mass is 9.97. The van der Waals surface area contributed by atoms with E-state index in [1.165, 1.54) is 0 Å². The molecule has 0 aliphatic rings. The molecule has 4 nitrogen and oxygen atoms in total. The Balaban J connectivity index is 0.000000411. The molecule has 1 atom stereocenters. The fraction of sp³-hybridized carbons (Fsp3) is 0.429. The van der Waals surface area contributed by atoms with Crippen LogP contribution in [0, 0.1) is 0 Å². The summed E-state index contributed by atoms with van der Waals surface area (Å²) in [7, 11) is 0. The third kappa shape index (κ3) is 6.68. The van der Waals surface area contributed by atoms with Crippen molar-refractivity contribution in [2.75, 3.05) is 0 Å². The number of hydrogen-bond acceptors (Lipinski definition) is 2. The first kappa shape index (κ1) is 16.2. The van der Waals surface area contributed by atoms with Gasteiger partial charge < -0.3 is 10.2 Å². The van der Waals surface area contributed by atoms with Gasteiger partial charge in [0.25, 0.3) is 0 Å². The topological polar surface area (TPSA) is 74.6 Å². The molecule has 100 valence electrons. The molecule has 0 aliphatic carbocycles. The van der Waals surface area contributed by atoms with E-state index in [-0.39, 0.29) is 5.92 Å². The van der Waals surface area contributed by atoms with Gasteiger partial charge in [0.15, 0.2) is 0 Å². The van der Waals surface area contributed by atoms with Crippen LogP contribution in [0.3, 0.4) is 0 Å². The standard InChI is InChI=1S/C10H12O2.C4H8O2/c1-2-9(10(11)12)8-6-4-3-5-7-8;1-2-3-4(5)6/h3-7,9H,2H2,1H3,(H,11,12);2-3H2,1H3,(H,5,6). The number of benzene rings is 1. The Hall–Kier alpha value is -1.84. The van der Waals surface area contributed by atoms with Crippen LogP contribution in [-0.2, 0) is 9.59 Å². The number of rotatable bonds is 5. The molecule has 0 amide bonds. The minimum atomic E-state index is -0.747. The van der Waals surface area contributed by atoms with Crippen LogP contribution in [0.25, 0.3) is 0 Å². The smallest absolute Gasteiger partial charge is 0.310 e. The monoisotopic (exact) mass is 252 g/mol. The van der Waals surface area contributed by atoms with Crippen LogP contribution in [0.4, 0.5) is 0 Å². The van der Waals surface area contributed by atoms with Gasteiger partial charge in [-0.2, -0.15) is 0 Å². The summed E-state index contributed by atoms with van der Waals surface area (Å²) < 4.78 is 0. The molecule has 0 aromatic heterocycles. The number of hydrogen-bond donors (Lipinski definition) is 2. The van der Waals surface area contributed by atoms with E-state index in [4.69, 9.17) is 10.2 Å². The number of carboxylic acids is 2. The lowest BCUT2D eigenvalue weighted by Crippen LogP contribution is -2.09. The Morgan fingerprint density at radius 3 is 1.94 bits per heavy atom. The molecular formula is C14H20O4. The summed E-state index contributed by atoms with van der Waals surface area (Å²) in [5, 5.41) is 16.7. The van der Waals surface area contributed by atoms with Gasteiger partial charge in [-0.05, 0) is 18.4 Å². The second-order valence-corrected chi connectivity index (χ2v) is 3.85. The molecule has 0 bridgehead atoms. The van der Waals surface area contributed by atoms with Gasteiger partial charge in [-0.1, -0.05) is 44.2 Å². The summed E-state index contributed by atoms with van der Waals surface area (Å²) in [6, 6.07) is 9.31. The van der Waals surface area contributed by atoms with Gasteiger partial charge in [-0.25, -0.2) is 0 Å². The molecule has 18 heavy (non-hydrogen) atoms. The summed E-state index contributed by atoms with van der Waals surface area (Å²) in [6.45, 7) is 3.72. The first-order chi connectivity index (χ1) is 8.52. The molecular weight excluding hydrogens is 232 g/mol. The van der Waals surface area contributed by atoms with Crippen LogP contribution < -0.4 is 0 Å². The predicted octanol–water partition coefficient (Wildman–Crippen LogP) is 3.14. The SMILES string of the molecule is CCC(C(=O)O)c1ccccc1.CCCC(=O)O. The molecule has 4 heteroatoms. The van der Waals surface area contributed by atoms with Crippen molar-refractivity contribution in [1.82, 2.24) is 0 Å². The summed E-state index contributed by atoms with van der Waals surface area (Å²) in [5.74, 6) is -1.81. The number of aliphatic carboxylic acids is 2. The highest BCUT2D eigenvalue weighted by Crippen LogP contribution is 2.18. The highest BCUT2D eigenvalue weighted by Gasteiger charge is 2.16. The highest BCUT2D eigenvalue weighted by molar-refractivity contribution is 5.75. The van der Waals surface area contributed by atoms with E-state index >= 15 is 0 Å². The van der Waals surface area contributed by atoms with Crippen molar-refractivity contribution in [3.63, 3.8) is 0 Å². The molecule has 0 saturated carbocycles. The minimum absolute atomic E-state index is 0.292. The van der Waals surface area contributed by atoms with Crippen molar-refractivity contribution in [3.8, 4) is 0 Å². The zero-order valence-corrected chi connectivity index (χ0v) is 10.8. The molecule has 0 heterocycles. The van der Waals surface area contributed by atoms with E-state index < -0.39 is 11.9 Å². The molecule has 1 rings (SSSR count). The number of carboxylic acid groups (broad SMARTS) is 2. The van der Waals surface area contributed by atoms with Crippen LogP contribution >= 0.6 is 0 Å². The third-order valence-electron chi connectivity index (χ3n) is 2.37. The van der Waals surface area contributed by atoms with Crippen molar-refractivity contribution in [2.24, 2.45) is 0 Å². The van der Waals surface area contributed by atoms with Crippen LogP contribution in [0.5, 0.6) is 0 Å². The van der Waals surface area contributed by atoms with Crippen molar-refractivity contribution >= 4 is 11.9 Å². The molecule has 0 fully saturated rings. The molecule has 0 spiro atoms. The van der Waals surface area contributed by atoms with E-state index in [2.05, 4.69) is 0 Å². The van der Waals surface area contributed by atoms with Gasteiger partial charge in [0.05, 0.1) is 5.92 Å². The first-order valence-corrected chi connectivity index (χ1v) is 6.02. The molecule has 0 saturated heterocycles. The van der Waals surface area contributed by atoms with Gasteiger partial charge in [-0.3, -0.25) is 9.59 Å².